The fourth-order valence-electron chi connectivity index (χ4n) is 2.56. The number of aryl methyl sites for hydroxylation is 2. The number of anilines is 2. The van der Waals surface area contributed by atoms with Gasteiger partial charge in [-0.05, 0) is 85.7 Å². The quantitative estimate of drug-likeness (QED) is 0.411. The van der Waals surface area contributed by atoms with Gasteiger partial charge in [0, 0.05) is 11.4 Å². The van der Waals surface area contributed by atoms with E-state index in [1.807, 2.05) is 54.6 Å². The highest BCUT2D eigenvalue weighted by Crippen LogP contribution is 2.20. The molecule has 0 amide bonds. The van der Waals surface area contributed by atoms with Gasteiger partial charge < -0.3 is 10.6 Å². The third-order valence-electron chi connectivity index (χ3n) is 3.64. The van der Waals surface area contributed by atoms with Gasteiger partial charge in [-0.2, -0.15) is 10.2 Å². The molecule has 3 aromatic rings. The second-order valence-corrected chi connectivity index (χ2v) is 6.45. The van der Waals surface area contributed by atoms with E-state index in [0.717, 1.165) is 22.7 Å². The van der Waals surface area contributed by atoms with Crippen molar-refractivity contribution in [3.63, 3.8) is 0 Å². The SMILES string of the molecule is Cc1cc(C)cc(NC(=S)Nc2ccc(N=Nc3ccccc3)cc2)c1. The van der Waals surface area contributed by atoms with Crippen LogP contribution in [0.15, 0.2) is 83.0 Å². The summed E-state index contributed by atoms with van der Waals surface area (Å²) in [7, 11) is 0. The number of thiocarbonyl (C=S) groups is 1. The van der Waals surface area contributed by atoms with Gasteiger partial charge in [0.05, 0.1) is 11.4 Å². The lowest BCUT2D eigenvalue weighted by molar-refractivity contribution is 1.23. The van der Waals surface area contributed by atoms with Crippen LogP contribution in [0, 0.1) is 13.8 Å². The molecule has 2 N–H and O–H groups in total. The molecule has 0 saturated carbocycles. The number of nitrogens with one attached hydrogen (secondary N) is 2. The molecular weight excluding hydrogens is 340 g/mol. The maximum atomic E-state index is 5.39. The average Bonchev–Trinajstić information content (AvgIpc) is 2.61. The summed E-state index contributed by atoms with van der Waals surface area (Å²) in [5.74, 6) is 0. The van der Waals surface area contributed by atoms with E-state index in [4.69, 9.17) is 12.2 Å². The molecule has 0 spiro atoms. The summed E-state index contributed by atoms with van der Waals surface area (Å²) < 4.78 is 0. The highest BCUT2D eigenvalue weighted by molar-refractivity contribution is 7.80. The molecule has 0 aromatic heterocycles. The van der Waals surface area contributed by atoms with Crippen LogP contribution in [0.2, 0.25) is 0 Å². The molecule has 3 aromatic carbocycles. The third-order valence-corrected chi connectivity index (χ3v) is 3.85. The van der Waals surface area contributed by atoms with Gasteiger partial charge in [-0.3, -0.25) is 0 Å². The Morgan fingerprint density at radius 1 is 0.692 bits per heavy atom. The summed E-state index contributed by atoms with van der Waals surface area (Å²) in [4.78, 5) is 0. The van der Waals surface area contributed by atoms with Crippen molar-refractivity contribution in [2.24, 2.45) is 10.2 Å². The number of nitrogens with zero attached hydrogens (tertiary/aromatic N) is 2. The number of benzene rings is 3. The molecule has 0 radical (unpaired) electrons. The Labute approximate surface area is 159 Å². The van der Waals surface area contributed by atoms with Crippen molar-refractivity contribution in [3.05, 3.63) is 83.9 Å². The fraction of sp³-hybridized carbons (Fsp3) is 0.0952. The van der Waals surface area contributed by atoms with Gasteiger partial charge in [-0.1, -0.05) is 24.3 Å². The molecule has 0 aliphatic heterocycles. The first kappa shape index (κ1) is 17.8. The van der Waals surface area contributed by atoms with Crippen LogP contribution >= 0.6 is 12.2 Å². The Balaban J connectivity index is 1.60. The summed E-state index contributed by atoms with van der Waals surface area (Å²) in [6.07, 6.45) is 0. The zero-order valence-corrected chi connectivity index (χ0v) is 15.5. The first-order chi connectivity index (χ1) is 12.6. The lowest BCUT2D eigenvalue weighted by Crippen LogP contribution is -2.19. The van der Waals surface area contributed by atoms with E-state index >= 15 is 0 Å². The first-order valence-electron chi connectivity index (χ1n) is 8.32. The molecular formula is C21H20N4S. The molecule has 0 heterocycles. The number of hydrogen-bond donors (Lipinski definition) is 2. The van der Waals surface area contributed by atoms with Crippen LogP contribution in [-0.4, -0.2) is 5.11 Å². The molecule has 0 atom stereocenters. The van der Waals surface area contributed by atoms with E-state index in [2.05, 4.69) is 52.9 Å². The van der Waals surface area contributed by atoms with Crippen LogP contribution in [0.1, 0.15) is 11.1 Å². The Morgan fingerprint density at radius 2 is 1.23 bits per heavy atom. The van der Waals surface area contributed by atoms with Crippen LogP contribution in [0.4, 0.5) is 22.7 Å². The highest BCUT2D eigenvalue weighted by atomic mass is 32.1. The zero-order valence-electron chi connectivity index (χ0n) is 14.7. The van der Waals surface area contributed by atoms with Crippen molar-refractivity contribution < 1.29 is 0 Å². The minimum Gasteiger partial charge on any atom is -0.332 e. The fourth-order valence-corrected chi connectivity index (χ4v) is 2.80. The molecule has 0 aliphatic rings. The summed E-state index contributed by atoms with van der Waals surface area (Å²) >= 11 is 5.39. The minimum atomic E-state index is 0.550. The Kier molecular flexibility index (Phi) is 5.71. The van der Waals surface area contributed by atoms with E-state index in [1.54, 1.807) is 0 Å². The van der Waals surface area contributed by atoms with Gasteiger partial charge in [0.15, 0.2) is 5.11 Å². The minimum absolute atomic E-state index is 0.550. The lowest BCUT2D eigenvalue weighted by atomic mass is 10.1. The van der Waals surface area contributed by atoms with E-state index in [-0.39, 0.29) is 0 Å². The molecule has 26 heavy (non-hydrogen) atoms. The number of azo groups is 1. The van der Waals surface area contributed by atoms with Crippen molar-refractivity contribution in [2.75, 3.05) is 10.6 Å². The summed E-state index contributed by atoms with van der Waals surface area (Å²) in [5.41, 5.74) is 5.88. The third kappa shape index (κ3) is 5.22. The molecule has 0 bridgehead atoms. The van der Waals surface area contributed by atoms with Crippen molar-refractivity contribution in [2.45, 2.75) is 13.8 Å². The van der Waals surface area contributed by atoms with Gasteiger partial charge in [0.2, 0.25) is 0 Å². The second-order valence-electron chi connectivity index (χ2n) is 6.04. The molecule has 0 fully saturated rings. The lowest BCUT2D eigenvalue weighted by Gasteiger charge is -2.12. The maximum Gasteiger partial charge on any atom is 0.175 e. The molecule has 4 nitrogen and oxygen atoms in total. The van der Waals surface area contributed by atoms with Crippen LogP contribution in [0.25, 0.3) is 0 Å². The van der Waals surface area contributed by atoms with Gasteiger partial charge in [0.25, 0.3) is 0 Å². The molecule has 3 rings (SSSR count). The van der Waals surface area contributed by atoms with Crippen LogP contribution in [0.3, 0.4) is 0 Å². The van der Waals surface area contributed by atoms with Crippen LogP contribution in [-0.2, 0) is 0 Å². The van der Waals surface area contributed by atoms with Gasteiger partial charge in [-0.25, -0.2) is 0 Å². The van der Waals surface area contributed by atoms with E-state index in [0.29, 0.717) is 5.11 Å². The van der Waals surface area contributed by atoms with E-state index in [9.17, 15) is 0 Å². The molecule has 0 unspecified atom stereocenters. The predicted octanol–water partition coefficient (Wildman–Crippen LogP) is 6.53. The van der Waals surface area contributed by atoms with Crippen molar-refractivity contribution >= 4 is 40.1 Å². The van der Waals surface area contributed by atoms with Gasteiger partial charge >= 0.3 is 0 Å². The molecule has 0 saturated heterocycles. The van der Waals surface area contributed by atoms with Crippen LogP contribution in [0.5, 0.6) is 0 Å². The Hall–Kier alpha value is -3.05. The van der Waals surface area contributed by atoms with Crippen molar-refractivity contribution in [3.8, 4) is 0 Å². The van der Waals surface area contributed by atoms with Gasteiger partial charge in [0.1, 0.15) is 0 Å². The number of rotatable bonds is 4. The van der Waals surface area contributed by atoms with Crippen LogP contribution < -0.4 is 10.6 Å². The highest BCUT2D eigenvalue weighted by Gasteiger charge is 2.01. The second kappa shape index (κ2) is 8.36. The summed E-state index contributed by atoms with van der Waals surface area (Å²) in [6, 6.07) is 23.6. The van der Waals surface area contributed by atoms with Crippen molar-refractivity contribution in [1.29, 1.82) is 0 Å². The van der Waals surface area contributed by atoms with Crippen molar-refractivity contribution in [1.82, 2.24) is 0 Å². The molecule has 5 heteroatoms. The normalized spacial score (nSPS) is 10.7. The smallest absolute Gasteiger partial charge is 0.175 e. The van der Waals surface area contributed by atoms with E-state index < -0.39 is 0 Å². The molecule has 0 aliphatic carbocycles. The van der Waals surface area contributed by atoms with Gasteiger partial charge in [-0.15, -0.1) is 0 Å². The Bertz CT molecular complexity index is 898. The maximum absolute atomic E-state index is 5.39. The largest absolute Gasteiger partial charge is 0.332 e. The monoisotopic (exact) mass is 360 g/mol. The Morgan fingerprint density at radius 3 is 1.85 bits per heavy atom. The number of hydrogen-bond acceptors (Lipinski definition) is 3. The summed E-state index contributed by atoms with van der Waals surface area (Å²) in [5, 5.41) is 15.4. The predicted molar refractivity (Wildman–Crippen MR) is 113 cm³/mol. The standard InChI is InChI=1S/C21H20N4S/c1-15-12-16(2)14-20(13-15)23-21(26)22-17-8-10-19(11-9-17)25-24-18-6-4-3-5-7-18/h3-14H,1-2H3,(H2,22,23,26). The zero-order chi connectivity index (χ0) is 18.4. The summed E-state index contributed by atoms with van der Waals surface area (Å²) in [6.45, 7) is 4.13. The molecule has 130 valence electrons. The topological polar surface area (TPSA) is 48.8 Å². The average molecular weight is 360 g/mol. The van der Waals surface area contributed by atoms with E-state index in [1.165, 1.54) is 11.1 Å². The first-order valence-corrected chi connectivity index (χ1v) is 8.72.